The first-order valence-electron chi connectivity index (χ1n) is 36.7. The summed E-state index contributed by atoms with van der Waals surface area (Å²) in [6.07, 6.45) is 49.7. The Balaban J connectivity index is 5.25. The molecule has 0 aliphatic heterocycles. The van der Waals surface area contributed by atoms with E-state index in [1.54, 1.807) is 0 Å². The molecule has 0 spiro atoms. The summed E-state index contributed by atoms with van der Waals surface area (Å²) in [6, 6.07) is 0. The molecule has 0 rings (SSSR count). The predicted molar refractivity (Wildman–Crippen MR) is 358 cm³/mol. The van der Waals surface area contributed by atoms with Crippen molar-refractivity contribution >= 4 is 39.5 Å². The fourth-order valence-electron chi connectivity index (χ4n) is 10.6. The van der Waals surface area contributed by atoms with Crippen molar-refractivity contribution in [3.63, 3.8) is 0 Å². The Morgan fingerprint density at radius 3 is 0.798 bits per heavy atom. The molecule has 0 fully saturated rings. The molecule has 0 bridgehead atoms. The van der Waals surface area contributed by atoms with Crippen molar-refractivity contribution in [1.82, 2.24) is 0 Å². The monoisotopic (exact) mass is 1310 g/mol. The average Bonchev–Trinajstić information content (AvgIpc) is 3.60. The average molecular weight is 1310 g/mol. The molecule has 17 nitrogen and oxygen atoms in total. The largest absolute Gasteiger partial charge is 0.472 e. The van der Waals surface area contributed by atoms with Crippen LogP contribution in [-0.4, -0.2) is 96.7 Å². The summed E-state index contributed by atoms with van der Waals surface area (Å²) in [5.41, 5.74) is 0. The lowest BCUT2D eigenvalue weighted by Gasteiger charge is -2.21. The number of carbonyl (C=O) groups is 4. The van der Waals surface area contributed by atoms with Crippen LogP contribution in [0.15, 0.2) is 0 Å². The van der Waals surface area contributed by atoms with Gasteiger partial charge in [0.15, 0.2) is 12.2 Å². The van der Waals surface area contributed by atoms with Gasteiger partial charge in [-0.3, -0.25) is 37.3 Å². The summed E-state index contributed by atoms with van der Waals surface area (Å²) in [5.74, 6) is -1.34. The normalized spacial score (nSPS) is 14.4. The molecule has 3 N–H and O–H groups in total. The minimum absolute atomic E-state index is 0.107. The molecule has 89 heavy (non-hydrogen) atoms. The molecule has 0 saturated heterocycles. The van der Waals surface area contributed by atoms with Crippen molar-refractivity contribution in [2.75, 3.05) is 39.6 Å². The lowest BCUT2D eigenvalue weighted by Crippen LogP contribution is -2.30. The molecule has 0 heterocycles. The number of esters is 4. The topological polar surface area (TPSA) is 237 Å². The van der Waals surface area contributed by atoms with Gasteiger partial charge in [-0.2, -0.15) is 0 Å². The number of hydrogen-bond acceptors (Lipinski definition) is 15. The first-order valence-corrected chi connectivity index (χ1v) is 39.7. The van der Waals surface area contributed by atoms with E-state index in [9.17, 15) is 43.2 Å². The van der Waals surface area contributed by atoms with Crippen LogP contribution in [0.5, 0.6) is 0 Å². The van der Waals surface area contributed by atoms with Crippen LogP contribution in [-0.2, 0) is 65.4 Å². The van der Waals surface area contributed by atoms with Crippen LogP contribution >= 0.6 is 15.6 Å². The molecule has 0 aromatic heterocycles. The predicted octanol–water partition coefficient (Wildman–Crippen LogP) is 20.1. The van der Waals surface area contributed by atoms with Crippen molar-refractivity contribution in [3.8, 4) is 0 Å². The number of unbranched alkanes of at least 4 members (excludes halogenated alkanes) is 41. The van der Waals surface area contributed by atoms with Gasteiger partial charge >= 0.3 is 39.5 Å². The molecule has 0 aliphatic rings. The summed E-state index contributed by atoms with van der Waals surface area (Å²) in [7, 11) is -9.90. The zero-order chi connectivity index (χ0) is 65.6. The van der Waals surface area contributed by atoms with E-state index in [0.29, 0.717) is 25.7 Å². The van der Waals surface area contributed by atoms with E-state index in [4.69, 9.17) is 37.0 Å². The van der Waals surface area contributed by atoms with Gasteiger partial charge in [0.25, 0.3) is 0 Å². The third kappa shape index (κ3) is 63.2. The van der Waals surface area contributed by atoms with Crippen molar-refractivity contribution < 1.29 is 80.2 Å². The van der Waals surface area contributed by atoms with Crippen LogP contribution in [0.2, 0.25) is 0 Å². The highest BCUT2D eigenvalue weighted by Crippen LogP contribution is 2.45. The molecule has 0 radical (unpaired) electrons. The van der Waals surface area contributed by atoms with Gasteiger partial charge in [0.1, 0.15) is 19.3 Å². The maximum Gasteiger partial charge on any atom is 0.472 e. The van der Waals surface area contributed by atoms with Crippen molar-refractivity contribution in [2.24, 2.45) is 5.92 Å². The van der Waals surface area contributed by atoms with Gasteiger partial charge in [-0.1, -0.05) is 311 Å². The van der Waals surface area contributed by atoms with Gasteiger partial charge < -0.3 is 33.8 Å². The van der Waals surface area contributed by atoms with E-state index in [0.717, 1.165) is 95.8 Å². The van der Waals surface area contributed by atoms with E-state index in [1.165, 1.54) is 186 Å². The van der Waals surface area contributed by atoms with Crippen LogP contribution in [0.1, 0.15) is 362 Å². The number of phosphoric acid groups is 2. The minimum Gasteiger partial charge on any atom is -0.462 e. The molecule has 0 aromatic rings. The van der Waals surface area contributed by atoms with Gasteiger partial charge in [-0.15, -0.1) is 0 Å². The first-order chi connectivity index (χ1) is 43.1. The smallest absolute Gasteiger partial charge is 0.462 e. The van der Waals surface area contributed by atoms with Gasteiger partial charge in [0.05, 0.1) is 26.4 Å². The van der Waals surface area contributed by atoms with Gasteiger partial charge in [-0.05, 0) is 31.6 Å². The second-order valence-corrected chi connectivity index (χ2v) is 28.4. The molecular formula is C70H136O17P2. The van der Waals surface area contributed by atoms with Gasteiger partial charge in [0, 0.05) is 25.7 Å². The van der Waals surface area contributed by atoms with E-state index < -0.39 is 97.5 Å². The summed E-state index contributed by atoms with van der Waals surface area (Å²) >= 11 is 0. The molecule has 0 aromatic carbocycles. The first kappa shape index (κ1) is 87.1. The molecule has 19 heteroatoms. The summed E-state index contributed by atoms with van der Waals surface area (Å²) in [6.45, 7) is 7.25. The second kappa shape index (κ2) is 63.5. The number of hydrogen-bond donors (Lipinski definition) is 3. The molecular weight excluding hydrogens is 1170 g/mol. The quantitative estimate of drug-likeness (QED) is 0.0222. The Morgan fingerprint density at radius 1 is 0.315 bits per heavy atom. The van der Waals surface area contributed by atoms with Crippen molar-refractivity contribution in [1.29, 1.82) is 0 Å². The highest BCUT2D eigenvalue weighted by molar-refractivity contribution is 7.47. The minimum atomic E-state index is -4.95. The van der Waals surface area contributed by atoms with E-state index >= 15 is 0 Å². The van der Waals surface area contributed by atoms with Gasteiger partial charge in [-0.25, -0.2) is 9.13 Å². The van der Waals surface area contributed by atoms with Crippen LogP contribution in [0.25, 0.3) is 0 Å². The maximum absolute atomic E-state index is 13.0. The molecule has 0 amide bonds. The Kier molecular flexibility index (Phi) is 62.1. The molecule has 0 aliphatic carbocycles. The number of carbonyl (C=O) groups excluding carboxylic acids is 4. The van der Waals surface area contributed by atoms with Gasteiger partial charge in [0.2, 0.25) is 0 Å². The summed E-state index contributed by atoms with van der Waals surface area (Å²) in [4.78, 5) is 72.5. The third-order valence-corrected chi connectivity index (χ3v) is 18.5. The maximum atomic E-state index is 13.0. The molecule has 6 atom stereocenters. The number of phosphoric ester groups is 2. The molecule has 3 unspecified atom stereocenters. The van der Waals surface area contributed by atoms with Crippen LogP contribution < -0.4 is 0 Å². The number of ether oxygens (including phenoxy) is 4. The summed E-state index contributed by atoms with van der Waals surface area (Å²) in [5, 5.41) is 10.6. The summed E-state index contributed by atoms with van der Waals surface area (Å²) < 4.78 is 68.3. The standard InChI is InChI=1S/C70H136O17P2/c1-6-10-13-16-19-22-25-26-27-28-31-34-41-46-51-56-70(75)87-66(60-81-68(73)54-49-44-39-36-35-37-42-47-52-63(5)9-4)62-85-89(78,79)83-58-64(71)57-82-88(76,77)84-61-65(86-69(74)55-50-45-40-33-30-24-21-18-15-12-8-3)59-80-67(72)53-48-43-38-32-29-23-20-17-14-11-7-2/h63-66,71H,6-62H2,1-5H3,(H,76,77)(H,78,79)/t63?,64-,65+,66+/m0/s1. The second-order valence-electron chi connectivity index (χ2n) is 25.5. The Labute approximate surface area is 543 Å². The number of aliphatic hydroxyl groups excluding tert-OH is 1. The van der Waals surface area contributed by atoms with E-state index in [1.807, 2.05) is 0 Å². The fourth-order valence-corrected chi connectivity index (χ4v) is 12.2. The Bertz CT molecular complexity index is 1720. The van der Waals surface area contributed by atoms with Crippen LogP contribution in [0, 0.1) is 5.92 Å². The highest BCUT2D eigenvalue weighted by Gasteiger charge is 2.30. The molecule has 528 valence electrons. The third-order valence-electron chi connectivity index (χ3n) is 16.6. The highest BCUT2D eigenvalue weighted by atomic mass is 31.2. The zero-order valence-corrected chi connectivity index (χ0v) is 59.4. The fraction of sp³-hybridized carbons (Fsp3) is 0.943. The van der Waals surface area contributed by atoms with Crippen molar-refractivity contribution in [3.05, 3.63) is 0 Å². The SMILES string of the molecule is CCCCCCCCCCCCCCCCCC(=O)O[C@H](COC(=O)CCCCCCCCCCC(C)CC)COP(=O)(O)OC[C@@H](O)COP(=O)(O)OC[C@@H](COC(=O)CCCCCCCCCCCCC)OC(=O)CCCCCCCCCCCCC. The Morgan fingerprint density at radius 2 is 0.539 bits per heavy atom. The zero-order valence-electron chi connectivity index (χ0n) is 57.6. The van der Waals surface area contributed by atoms with E-state index in [2.05, 4.69) is 34.6 Å². The number of rotatable bonds is 70. The number of aliphatic hydroxyl groups is 1. The van der Waals surface area contributed by atoms with Crippen LogP contribution in [0.3, 0.4) is 0 Å². The van der Waals surface area contributed by atoms with E-state index in [-0.39, 0.29) is 25.7 Å². The lowest BCUT2D eigenvalue weighted by atomic mass is 9.99. The lowest BCUT2D eigenvalue weighted by molar-refractivity contribution is -0.161. The Hall–Kier alpha value is -1.94. The van der Waals surface area contributed by atoms with Crippen molar-refractivity contribution in [2.45, 2.75) is 380 Å². The molecule has 0 saturated carbocycles. The van der Waals surface area contributed by atoms with Crippen LogP contribution in [0.4, 0.5) is 0 Å².